The smallest absolute Gasteiger partial charge is 0.414 e. The molecule has 0 aromatic heterocycles. The number of hydrogen-bond acceptors (Lipinski definition) is 15. The Balaban J connectivity index is 1.26. The number of esters is 4. The van der Waals surface area contributed by atoms with Crippen LogP contribution in [-0.4, -0.2) is 117 Å². The Morgan fingerprint density at radius 3 is 1.53 bits per heavy atom. The number of carbonyl (C=O) groups is 8. The van der Waals surface area contributed by atoms with Crippen molar-refractivity contribution < 1.29 is 80.3 Å². The van der Waals surface area contributed by atoms with Crippen LogP contribution in [0, 0.1) is 11.6 Å². The van der Waals surface area contributed by atoms with Gasteiger partial charge in [0.25, 0.3) is 5.91 Å². The first-order chi connectivity index (χ1) is 26.9. The number of benzene rings is 2. The third kappa shape index (κ3) is 10.1. The first kappa shape index (κ1) is 41.8. The number of ether oxygens (including phenoxy) is 7. The van der Waals surface area contributed by atoms with Gasteiger partial charge in [0.15, 0.2) is 18.3 Å². The largest absolute Gasteiger partial charge is 0.455 e. The molecule has 3 heterocycles. The number of cyclic esters (lactones) is 2. The molecule has 19 nitrogen and oxygen atoms in total. The number of halogens is 2. The Kier molecular flexibility index (Phi) is 12.9. The highest BCUT2D eigenvalue weighted by Gasteiger charge is 2.55. The summed E-state index contributed by atoms with van der Waals surface area (Å²) in [7, 11) is 0. The molecule has 3 aliphatic heterocycles. The molecule has 3 aliphatic rings. The minimum Gasteiger partial charge on any atom is -0.455 e. The molecule has 2 aromatic rings. The van der Waals surface area contributed by atoms with E-state index in [-0.39, 0.29) is 54.6 Å². The molecular weight excluding hydrogens is 766 g/mol. The van der Waals surface area contributed by atoms with Gasteiger partial charge in [0.05, 0.1) is 37.6 Å². The Hall–Kier alpha value is -6.38. The Bertz CT molecular complexity index is 1960. The number of carbonyl (C=O) groups excluding carboxylic acids is 8. The molecule has 0 bridgehead atoms. The van der Waals surface area contributed by atoms with Crippen molar-refractivity contribution >= 4 is 59.3 Å². The molecule has 3 fully saturated rings. The van der Waals surface area contributed by atoms with Crippen molar-refractivity contribution in [2.75, 3.05) is 36.0 Å². The first-order valence-electron chi connectivity index (χ1n) is 17.3. The fourth-order valence-corrected chi connectivity index (χ4v) is 6.27. The monoisotopic (exact) mass is 804 g/mol. The topological polar surface area (TPSA) is 232 Å². The molecule has 21 heteroatoms. The maximum atomic E-state index is 15.5. The molecule has 3 saturated heterocycles. The standard InChI is InChI=1S/C36H38F2N4O15/c1-16(43)39-12-23-14-41(35(49)55-23)21-6-8-25(27(37)10-21)26-9-7-22(11-28(26)38)42-15-24(56-36(42)50)13-40-33(48)31-29(51-17(2)44)30(52-18(3)45)32(53-19(4)46)34(57-31)54-20(5)47/h6-11,23-24,29-32,34H,12-15H2,1-5H3,(H,39,43)(H,40,48)/t23-,24-,29-,30-,31-,32+,34?/m0/s1. The average molecular weight is 805 g/mol. The third-order valence-corrected chi connectivity index (χ3v) is 8.59. The SMILES string of the molecule is CC(=O)NC[C@H]1CN(c2ccc(-c3ccc(N4C[C@H](CNC(=O)[C@H]5OC(OC(C)=O)[C@H](OC(C)=O)[C@@H](OC(C)=O)[C@@H]5OC(C)=O)OC4=O)cc3F)c(F)c2)C(=O)O1. The fraction of sp³-hybridized carbons (Fsp3) is 0.444. The van der Waals surface area contributed by atoms with Crippen molar-refractivity contribution in [1.82, 2.24) is 10.6 Å². The van der Waals surface area contributed by atoms with Crippen LogP contribution >= 0.6 is 0 Å². The highest BCUT2D eigenvalue weighted by atomic mass is 19.1. The summed E-state index contributed by atoms with van der Waals surface area (Å²) in [5.41, 5.74) is -0.111. The van der Waals surface area contributed by atoms with Gasteiger partial charge in [0, 0.05) is 45.7 Å². The number of rotatable bonds is 12. The molecule has 1 unspecified atom stereocenters. The number of hydrogen-bond donors (Lipinski definition) is 2. The van der Waals surface area contributed by atoms with Crippen LogP contribution in [0.3, 0.4) is 0 Å². The van der Waals surface area contributed by atoms with Gasteiger partial charge in [-0.05, 0) is 36.4 Å². The highest BCUT2D eigenvalue weighted by Crippen LogP contribution is 2.34. The summed E-state index contributed by atoms with van der Waals surface area (Å²) in [6.07, 6.45) is -12.0. The quantitative estimate of drug-likeness (QED) is 0.229. The van der Waals surface area contributed by atoms with E-state index in [0.29, 0.717) is 0 Å². The predicted octanol–water partition coefficient (Wildman–Crippen LogP) is 1.62. The molecule has 5 rings (SSSR count). The zero-order valence-electron chi connectivity index (χ0n) is 31.1. The van der Waals surface area contributed by atoms with Gasteiger partial charge >= 0.3 is 36.1 Å². The number of anilines is 2. The normalized spacial score (nSPS) is 24.2. The molecule has 2 aromatic carbocycles. The molecule has 0 radical (unpaired) electrons. The van der Waals surface area contributed by atoms with Crippen LogP contribution in [0.25, 0.3) is 11.1 Å². The number of nitrogens with one attached hydrogen (secondary N) is 2. The predicted molar refractivity (Wildman–Crippen MR) is 186 cm³/mol. The van der Waals surface area contributed by atoms with Crippen LogP contribution in [0.4, 0.5) is 29.7 Å². The summed E-state index contributed by atoms with van der Waals surface area (Å²) in [5.74, 6) is -6.76. The number of amides is 4. The molecule has 57 heavy (non-hydrogen) atoms. The van der Waals surface area contributed by atoms with Gasteiger partial charge in [-0.15, -0.1) is 0 Å². The molecule has 4 amide bonds. The van der Waals surface area contributed by atoms with Crippen molar-refractivity contribution in [2.45, 2.75) is 77.5 Å². The van der Waals surface area contributed by atoms with Gasteiger partial charge in [0.1, 0.15) is 23.8 Å². The first-order valence-corrected chi connectivity index (χ1v) is 17.3. The molecule has 0 aliphatic carbocycles. The van der Waals surface area contributed by atoms with Gasteiger partial charge in [-0.1, -0.05) is 0 Å². The molecular formula is C36H38F2N4O15. The zero-order valence-corrected chi connectivity index (χ0v) is 31.1. The van der Waals surface area contributed by atoms with E-state index in [2.05, 4.69) is 10.6 Å². The summed E-state index contributed by atoms with van der Waals surface area (Å²) in [4.78, 5) is 100.0. The molecule has 7 atom stereocenters. The summed E-state index contributed by atoms with van der Waals surface area (Å²) < 4.78 is 67.8. The van der Waals surface area contributed by atoms with E-state index in [9.17, 15) is 38.4 Å². The van der Waals surface area contributed by atoms with Crippen LogP contribution in [0.15, 0.2) is 36.4 Å². The summed E-state index contributed by atoms with van der Waals surface area (Å²) in [6, 6.07) is 7.31. The van der Waals surface area contributed by atoms with E-state index in [1.165, 1.54) is 36.1 Å². The van der Waals surface area contributed by atoms with Gasteiger partial charge in [-0.25, -0.2) is 18.4 Å². The fourth-order valence-electron chi connectivity index (χ4n) is 6.27. The average Bonchev–Trinajstić information content (AvgIpc) is 3.69. The van der Waals surface area contributed by atoms with Crippen LogP contribution in [0.2, 0.25) is 0 Å². The van der Waals surface area contributed by atoms with Gasteiger partial charge in [-0.2, -0.15) is 0 Å². The molecule has 0 spiro atoms. The summed E-state index contributed by atoms with van der Waals surface area (Å²) in [6.45, 7) is 4.87. The lowest BCUT2D eigenvalue weighted by Gasteiger charge is -2.43. The van der Waals surface area contributed by atoms with Crippen LogP contribution < -0.4 is 20.4 Å². The third-order valence-electron chi connectivity index (χ3n) is 8.59. The van der Waals surface area contributed by atoms with Crippen molar-refractivity contribution in [3.63, 3.8) is 0 Å². The van der Waals surface area contributed by atoms with E-state index in [4.69, 9.17) is 33.2 Å². The van der Waals surface area contributed by atoms with E-state index in [1.54, 1.807) is 0 Å². The lowest BCUT2D eigenvalue weighted by molar-refractivity contribution is -0.290. The Labute approximate surface area is 322 Å². The van der Waals surface area contributed by atoms with Crippen molar-refractivity contribution in [3.8, 4) is 11.1 Å². The van der Waals surface area contributed by atoms with E-state index in [0.717, 1.165) is 44.7 Å². The van der Waals surface area contributed by atoms with Crippen molar-refractivity contribution in [3.05, 3.63) is 48.0 Å². The molecule has 306 valence electrons. The molecule has 0 saturated carbocycles. The second-order valence-corrected chi connectivity index (χ2v) is 13.0. The van der Waals surface area contributed by atoms with E-state index < -0.39 is 96.5 Å². The summed E-state index contributed by atoms with van der Waals surface area (Å²) in [5, 5.41) is 5.01. The van der Waals surface area contributed by atoms with Gasteiger partial charge in [0.2, 0.25) is 18.3 Å². The number of nitrogens with zero attached hydrogens (tertiary/aromatic N) is 2. The maximum absolute atomic E-state index is 15.5. The van der Waals surface area contributed by atoms with Crippen LogP contribution in [0.1, 0.15) is 34.6 Å². The highest BCUT2D eigenvalue weighted by molar-refractivity contribution is 5.92. The summed E-state index contributed by atoms with van der Waals surface area (Å²) >= 11 is 0. The van der Waals surface area contributed by atoms with Crippen LogP contribution in [-0.2, 0) is 61.9 Å². The van der Waals surface area contributed by atoms with E-state index >= 15 is 8.78 Å². The lowest BCUT2D eigenvalue weighted by atomic mass is 9.97. The zero-order chi connectivity index (χ0) is 41.7. The second kappa shape index (κ2) is 17.6. The Morgan fingerprint density at radius 1 is 0.649 bits per heavy atom. The molecule has 2 N–H and O–H groups in total. The van der Waals surface area contributed by atoms with Gasteiger partial charge < -0.3 is 43.8 Å². The van der Waals surface area contributed by atoms with Crippen LogP contribution in [0.5, 0.6) is 0 Å². The van der Waals surface area contributed by atoms with Crippen molar-refractivity contribution in [1.29, 1.82) is 0 Å². The maximum Gasteiger partial charge on any atom is 0.414 e. The van der Waals surface area contributed by atoms with Gasteiger partial charge in [-0.3, -0.25) is 38.6 Å². The Morgan fingerprint density at radius 2 is 1.09 bits per heavy atom. The van der Waals surface area contributed by atoms with E-state index in [1.807, 2.05) is 0 Å². The second-order valence-electron chi connectivity index (χ2n) is 13.0. The minimum atomic E-state index is -1.81. The van der Waals surface area contributed by atoms with Crippen molar-refractivity contribution in [2.24, 2.45) is 0 Å². The lowest BCUT2D eigenvalue weighted by Crippen LogP contribution is -2.65. The minimum absolute atomic E-state index is 0.0348.